The summed E-state index contributed by atoms with van der Waals surface area (Å²) in [6.45, 7) is 2.14. The zero-order chi connectivity index (χ0) is 22.1. The number of nitrogens with zero attached hydrogens (tertiary/aromatic N) is 5. The van der Waals surface area contributed by atoms with E-state index in [0.29, 0.717) is 34.1 Å². The number of hydrogen-bond donors (Lipinski definition) is 0. The molecule has 0 N–H and O–H groups in total. The van der Waals surface area contributed by atoms with Crippen molar-refractivity contribution < 1.29 is 9.21 Å². The molecule has 32 heavy (non-hydrogen) atoms. The minimum absolute atomic E-state index is 0.118. The van der Waals surface area contributed by atoms with Crippen LogP contribution in [0.25, 0.3) is 0 Å². The minimum atomic E-state index is -0.118. The predicted molar refractivity (Wildman–Crippen MR) is 126 cm³/mol. The number of aromatic nitrogens is 4. The number of thiazole rings is 1. The van der Waals surface area contributed by atoms with Crippen molar-refractivity contribution in [3.63, 3.8) is 0 Å². The Labute approximate surface area is 198 Å². The molecular weight excluding hydrogens is 466 g/mol. The van der Waals surface area contributed by atoms with Gasteiger partial charge in [0.1, 0.15) is 11.6 Å². The van der Waals surface area contributed by atoms with E-state index in [2.05, 4.69) is 14.8 Å². The number of amides is 1. The van der Waals surface area contributed by atoms with Crippen molar-refractivity contribution in [2.24, 2.45) is 0 Å². The number of halogens is 1. The standard InChI is InChI=1S/C22H20ClN5O2S2/c1-14(29)28(18-5-2-4-16(23)10-18)21-24-17(12-31-21)13-32-22-26-25-20(15-7-8-15)27(22)11-19-6-3-9-30-19/h2-6,9-10,12,15H,7-8,11,13H2,1H3. The first-order valence-corrected chi connectivity index (χ1v) is 12.4. The number of thioether (sulfide) groups is 1. The number of hydrogen-bond acceptors (Lipinski definition) is 7. The highest BCUT2D eigenvalue weighted by molar-refractivity contribution is 7.98. The number of furan rings is 1. The second kappa shape index (κ2) is 9.09. The fourth-order valence-corrected chi connectivity index (χ4v) is 5.42. The van der Waals surface area contributed by atoms with Gasteiger partial charge in [-0.1, -0.05) is 29.4 Å². The lowest BCUT2D eigenvalue weighted by molar-refractivity contribution is -0.115. The van der Waals surface area contributed by atoms with Crippen LogP contribution in [0.15, 0.2) is 57.6 Å². The van der Waals surface area contributed by atoms with E-state index in [0.717, 1.165) is 35.3 Å². The Hall–Kier alpha value is -2.62. The largest absolute Gasteiger partial charge is 0.467 e. The molecule has 1 amide bonds. The van der Waals surface area contributed by atoms with Crippen LogP contribution in [-0.2, 0) is 17.1 Å². The van der Waals surface area contributed by atoms with E-state index in [1.165, 1.54) is 18.3 Å². The molecule has 0 atom stereocenters. The summed E-state index contributed by atoms with van der Waals surface area (Å²) in [7, 11) is 0. The molecule has 0 spiro atoms. The van der Waals surface area contributed by atoms with E-state index in [1.54, 1.807) is 35.1 Å². The fourth-order valence-electron chi connectivity index (χ4n) is 3.40. The second-order valence-electron chi connectivity index (χ2n) is 7.52. The van der Waals surface area contributed by atoms with Crippen molar-refractivity contribution >= 4 is 51.4 Å². The van der Waals surface area contributed by atoms with Crippen molar-refractivity contribution in [2.75, 3.05) is 4.90 Å². The summed E-state index contributed by atoms with van der Waals surface area (Å²) in [6.07, 6.45) is 3.99. The van der Waals surface area contributed by atoms with E-state index in [4.69, 9.17) is 21.0 Å². The van der Waals surface area contributed by atoms with Crippen LogP contribution in [-0.4, -0.2) is 25.7 Å². The first-order chi connectivity index (χ1) is 15.6. The van der Waals surface area contributed by atoms with Crippen LogP contribution < -0.4 is 4.90 Å². The molecule has 0 unspecified atom stereocenters. The number of anilines is 2. The molecule has 0 bridgehead atoms. The van der Waals surface area contributed by atoms with Crippen molar-refractivity contribution in [1.82, 2.24) is 19.7 Å². The highest BCUT2D eigenvalue weighted by Crippen LogP contribution is 2.40. The molecule has 3 heterocycles. The third kappa shape index (κ3) is 4.60. The predicted octanol–water partition coefficient (Wildman–Crippen LogP) is 5.88. The van der Waals surface area contributed by atoms with Gasteiger partial charge in [0.25, 0.3) is 0 Å². The summed E-state index contributed by atoms with van der Waals surface area (Å²) in [5, 5.41) is 12.9. The Bertz CT molecular complexity index is 1230. The topological polar surface area (TPSA) is 77.1 Å². The van der Waals surface area contributed by atoms with Crippen molar-refractivity contribution in [3.05, 3.63) is 70.3 Å². The van der Waals surface area contributed by atoms with Crippen LogP contribution in [0.5, 0.6) is 0 Å². The maximum absolute atomic E-state index is 12.3. The maximum Gasteiger partial charge on any atom is 0.230 e. The molecule has 1 aliphatic rings. The van der Waals surface area contributed by atoms with Crippen LogP contribution in [0.1, 0.15) is 43.0 Å². The fraction of sp³-hybridized carbons (Fsp3) is 0.273. The molecule has 1 saturated carbocycles. The lowest BCUT2D eigenvalue weighted by atomic mass is 10.3. The molecule has 7 nitrogen and oxygen atoms in total. The zero-order valence-corrected chi connectivity index (χ0v) is 19.7. The van der Waals surface area contributed by atoms with Gasteiger partial charge in [-0.3, -0.25) is 14.3 Å². The molecule has 1 fully saturated rings. The van der Waals surface area contributed by atoms with Gasteiger partial charge >= 0.3 is 0 Å². The monoisotopic (exact) mass is 485 g/mol. The highest BCUT2D eigenvalue weighted by atomic mass is 35.5. The molecule has 0 saturated heterocycles. The molecule has 164 valence electrons. The average molecular weight is 486 g/mol. The molecule has 1 aromatic carbocycles. The maximum atomic E-state index is 12.3. The molecule has 10 heteroatoms. The minimum Gasteiger partial charge on any atom is -0.467 e. The average Bonchev–Trinajstić information content (AvgIpc) is 3.14. The van der Waals surface area contributed by atoms with Crippen molar-refractivity contribution in [3.8, 4) is 0 Å². The van der Waals surface area contributed by atoms with Gasteiger partial charge < -0.3 is 4.42 Å². The van der Waals surface area contributed by atoms with Crippen molar-refractivity contribution in [2.45, 2.75) is 43.1 Å². The second-order valence-corrected chi connectivity index (χ2v) is 9.74. The van der Waals surface area contributed by atoms with Crippen LogP contribution in [0.4, 0.5) is 10.8 Å². The van der Waals surface area contributed by atoms with E-state index >= 15 is 0 Å². The first-order valence-electron chi connectivity index (χ1n) is 10.2. The molecule has 0 aliphatic heterocycles. The highest BCUT2D eigenvalue weighted by Gasteiger charge is 2.30. The van der Waals surface area contributed by atoms with E-state index in [-0.39, 0.29) is 5.91 Å². The van der Waals surface area contributed by atoms with Crippen LogP contribution in [0.3, 0.4) is 0 Å². The summed E-state index contributed by atoms with van der Waals surface area (Å²) < 4.78 is 7.68. The smallest absolute Gasteiger partial charge is 0.230 e. The Morgan fingerprint density at radius 2 is 2.19 bits per heavy atom. The van der Waals surface area contributed by atoms with E-state index < -0.39 is 0 Å². The van der Waals surface area contributed by atoms with Crippen LogP contribution >= 0.6 is 34.7 Å². The quantitative estimate of drug-likeness (QED) is 0.290. The zero-order valence-electron chi connectivity index (χ0n) is 17.3. The molecule has 5 rings (SSSR count). The lowest BCUT2D eigenvalue weighted by Crippen LogP contribution is -2.22. The van der Waals surface area contributed by atoms with E-state index in [9.17, 15) is 4.79 Å². The van der Waals surface area contributed by atoms with Gasteiger partial charge in [-0.25, -0.2) is 4.98 Å². The van der Waals surface area contributed by atoms with Gasteiger partial charge in [0, 0.05) is 29.0 Å². The lowest BCUT2D eigenvalue weighted by Gasteiger charge is -2.18. The number of rotatable bonds is 8. The van der Waals surface area contributed by atoms with Crippen LogP contribution in [0, 0.1) is 0 Å². The molecule has 0 radical (unpaired) electrons. The van der Waals surface area contributed by atoms with Gasteiger partial charge in [0.05, 0.1) is 24.2 Å². The molecular formula is C22H20ClN5O2S2. The third-order valence-electron chi connectivity index (χ3n) is 5.04. The van der Waals surface area contributed by atoms with Gasteiger partial charge in [-0.15, -0.1) is 21.5 Å². The summed E-state index contributed by atoms with van der Waals surface area (Å²) in [6, 6.07) is 11.1. The normalized spacial score (nSPS) is 13.4. The number of carbonyl (C=O) groups excluding carboxylic acids is 1. The first kappa shape index (κ1) is 21.2. The van der Waals surface area contributed by atoms with Crippen LogP contribution in [0.2, 0.25) is 5.02 Å². The number of benzene rings is 1. The van der Waals surface area contributed by atoms with Gasteiger partial charge in [-0.05, 0) is 43.2 Å². The number of carbonyl (C=O) groups is 1. The summed E-state index contributed by atoms with van der Waals surface area (Å²) in [4.78, 5) is 18.6. The van der Waals surface area contributed by atoms with Gasteiger partial charge in [-0.2, -0.15) is 0 Å². The summed E-state index contributed by atoms with van der Waals surface area (Å²) >= 11 is 9.13. The van der Waals surface area contributed by atoms with Gasteiger partial charge in [0.2, 0.25) is 5.91 Å². The SMILES string of the molecule is CC(=O)N(c1cccc(Cl)c1)c1nc(CSc2nnc(C3CC3)n2Cc2ccco2)cs1. The Kier molecular flexibility index (Phi) is 6.03. The molecule has 4 aromatic rings. The van der Waals surface area contributed by atoms with E-state index in [1.807, 2.05) is 29.6 Å². The molecule has 1 aliphatic carbocycles. The Morgan fingerprint density at radius 1 is 1.31 bits per heavy atom. The van der Waals surface area contributed by atoms with Gasteiger partial charge in [0.15, 0.2) is 10.3 Å². The Morgan fingerprint density at radius 3 is 2.91 bits per heavy atom. The third-order valence-corrected chi connectivity index (χ3v) is 7.15. The summed E-state index contributed by atoms with van der Waals surface area (Å²) in [5.74, 6) is 2.89. The summed E-state index contributed by atoms with van der Waals surface area (Å²) in [5.41, 5.74) is 1.58. The van der Waals surface area contributed by atoms with Crippen molar-refractivity contribution in [1.29, 1.82) is 0 Å². The molecule has 3 aromatic heterocycles. The Balaban J connectivity index is 1.34.